The van der Waals surface area contributed by atoms with Crippen LogP contribution in [0.5, 0.6) is 0 Å². The molecule has 2 rings (SSSR count). The molecule has 1 amide bonds. The van der Waals surface area contributed by atoms with Crippen LogP contribution < -0.4 is 5.43 Å². The number of carbonyl (C=O) groups is 1. The number of hydrogen-bond donors (Lipinski definition) is 1. The lowest BCUT2D eigenvalue weighted by molar-refractivity contribution is -0.120. The Kier molecular flexibility index (Phi) is 4.88. The third-order valence-electron chi connectivity index (χ3n) is 3.34. The van der Waals surface area contributed by atoms with Crippen molar-refractivity contribution in [2.24, 2.45) is 5.10 Å². The van der Waals surface area contributed by atoms with Crippen LogP contribution in [0.2, 0.25) is 0 Å². The van der Waals surface area contributed by atoms with Gasteiger partial charge in [-0.3, -0.25) is 4.79 Å². The lowest BCUT2D eigenvalue weighted by atomic mass is 10.0. The van der Waals surface area contributed by atoms with E-state index in [2.05, 4.69) is 28.7 Å². The molecule has 0 saturated heterocycles. The number of carbonyl (C=O) groups excluding carboxylic acids is 1. The number of nitrogens with one attached hydrogen (secondary N) is 1. The van der Waals surface area contributed by atoms with Gasteiger partial charge in [0, 0.05) is 5.56 Å². The first-order valence-electron chi connectivity index (χ1n) is 7.01. The second-order valence-electron chi connectivity index (χ2n) is 5.21. The summed E-state index contributed by atoms with van der Waals surface area (Å²) in [6, 6.07) is 15.9. The Morgan fingerprint density at radius 2 is 1.81 bits per heavy atom. The number of hydrogen-bond acceptors (Lipinski definition) is 2. The zero-order valence-electron chi connectivity index (χ0n) is 12.7. The molecule has 1 N–H and O–H groups in total. The molecule has 0 spiro atoms. The maximum atomic E-state index is 11.9. The van der Waals surface area contributed by atoms with Gasteiger partial charge < -0.3 is 0 Å². The van der Waals surface area contributed by atoms with Gasteiger partial charge in [0.2, 0.25) is 5.91 Å². The highest BCUT2D eigenvalue weighted by atomic mass is 16.2. The molecule has 0 unspecified atom stereocenters. The van der Waals surface area contributed by atoms with Crippen LogP contribution in [-0.2, 0) is 11.2 Å². The van der Waals surface area contributed by atoms with E-state index in [4.69, 9.17) is 0 Å². The molecule has 3 nitrogen and oxygen atoms in total. The van der Waals surface area contributed by atoms with Crippen molar-refractivity contribution < 1.29 is 4.79 Å². The number of hydrazone groups is 1. The van der Waals surface area contributed by atoms with E-state index in [-0.39, 0.29) is 5.91 Å². The molecule has 0 aliphatic heterocycles. The smallest absolute Gasteiger partial charge is 0.244 e. The molecule has 0 aliphatic rings. The van der Waals surface area contributed by atoms with Gasteiger partial charge in [-0.25, -0.2) is 5.43 Å². The molecule has 0 bridgehead atoms. The number of amides is 1. The van der Waals surface area contributed by atoms with Gasteiger partial charge in [0.15, 0.2) is 0 Å². The highest BCUT2D eigenvalue weighted by Crippen LogP contribution is 2.11. The summed E-state index contributed by atoms with van der Waals surface area (Å²) in [6.07, 6.45) is 0.338. The van der Waals surface area contributed by atoms with Crippen LogP contribution in [0.25, 0.3) is 0 Å². The van der Waals surface area contributed by atoms with Crippen LogP contribution in [0.4, 0.5) is 0 Å². The molecule has 0 fully saturated rings. The van der Waals surface area contributed by atoms with Crippen molar-refractivity contribution in [2.45, 2.75) is 27.2 Å². The minimum absolute atomic E-state index is 0.106. The molecule has 3 heteroatoms. The zero-order valence-corrected chi connectivity index (χ0v) is 12.7. The van der Waals surface area contributed by atoms with Crippen molar-refractivity contribution in [1.29, 1.82) is 0 Å². The van der Waals surface area contributed by atoms with Crippen molar-refractivity contribution >= 4 is 11.6 Å². The Bertz CT molecular complexity index is 660. The van der Waals surface area contributed by atoms with Crippen LogP contribution in [0.3, 0.4) is 0 Å². The second kappa shape index (κ2) is 6.84. The van der Waals surface area contributed by atoms with Crippen LogP contribution in [0.1, 0.15) is 29.2 Å². The Morgan fingerprint density at radius 3 is 2.52 bits per heavy atom. The molecule has 0 heterocycles. The van der Waals surface area contributed by atoms with Crippen LogP contribution in [-0.4, -0.2) is 11.6 Å². The molecule has 2 aromatic rings. The van der Waals surface area contributed by atoms with E-state index in [9.17, 15) is 4.79 Å². The summed E-state index contributed by atoms with van der Waals surface area (Å²) >= 11 is 0. The van der Waals surface area contributed by atoms with Crippen LogP contribution in [0, 0.1) is 13.8 Å². The number of rotatable bonds is 4. The zero-order chi connectivity index (χ0) is 15.2. The lowest BCUT2D eigenvalue weighted by Gasteiger charge is -2.07. The molecule has 0 radical (unpaired) electrons. The fourth-order valence-corrected chi connectivity index (χ4v) is 2.15. The monoisotopic (exact) mass is 280 g/mol. The van der Waals surface area contributed by atoms with E-state index in [0.29, 0.717) is 6.42 Å². The van der Waals surface area contributed by atoms with E-state index >= 15 is 0 Å². The average molecular weight is 280 g/mol. The first-order chi connectivity index (χ1) is 10.1. The standard InChI is InChI=1S/C18H20N2O/c1-13-9-10-14(2)17(11-13)15(3)19-20-18(21)12-16-7-5-4-6-8-16/h4-11H,12H2,1-3H3,(H,20,21)/b19-15+. The van der Waals surface area contributed by atoms with Gasteiger partial charge in [0.25, 0.3) is 0 Å². The molecule has 108 valence electrons. The third-order valence-corrected chi connectivity index (χ3v) is 3.34. The summed E-state index contributed by atoms with van der Waals surface area (Å²) in [4.78, 5) is 11.9. The van der Waals surface area contributed by atoms with Gasteiger partial charge in [-0.2, -0.15) is 5.10 Å². The predicted molar refractivity (Wildman–Crippen MR) is 86.4 cm³/mol. The van der Waals surface area contributed by atoms with Gasteiger partial charge >= 0.3 is 0 Å². The van der Waals surface area contributed by atoms with E-state index in [1.807, 2.05) is 51.1 Å². The van der Waals surface area contributed by atoms with Crippen molar-refractivity contribution in [2.75, 3.05) is 0 Å². The molecular formula is C18H20N2O. The molecule has 21 heavy (non-hydrogen) atoms. The highest BCUT2D eigenvalue weighted by Gasteiger charge is 2.05. The van der Waals surface area contributed by atoms with Gasteiger partial charge in [0.05, 0.1) is 12.1 Å². The third kappa shape index (κ3) is 4.28. The van der Waals surface area contributed by atoms with Gasteiger partial charge in [-0.15, -0.1) is 0 Å². The van der Waals surface area contributed by atoms with Gasteiger partial charge in [-0.05, 0) is 38.0 Å². The minimum Gasteiger partial charge on any atom is -0.273 e. The Balaban J connectivity index is 2.03. The second-order valence-corrected chi connectivity index (χ2v) is 5.21. The summed E-state index contributed by atoms with van der Waals surface area (Å²) in [5.74, 6) is -0.106. The average Bonchev–Trinajstić information content (AvgIpc) is 2.48. The highest BCUT2D eigenvalue weighted by molar-refractivity contribution is 6.00. The Morgan fingerprint density at radius 1 is 1.10 bits per heavy atom. The van der Waals surface area contributed by atoms with E-state index in [1.165, 1.54) is 5.56 Å². The summed E-state index contributed by atoms with van der Waals surface area (Å²) in [5, 5.41) is 4.21. The van der Waals surface area contributed by atoms with Crippen molar-refractivity contribution in [3.05, 3.63) is 70.8 Å². The van der Waals surface area contributed by atoms with Crippen molar-refractivity contribution in [1.82, 2.24) is 5.43 Å². The molecule has 2 aromatic carbocycles. The van der Waals surface area contributed by atoms with Crippen LogP contribution in [0.15, 0.2) is 53.6 Å². The number of nitrogens with zero attached hydrogens (tertiary/aromatic N) is 1. The molecule has 0 atom stereocenters. The molecule has 0 saturated carbocycles. The summed E-state index contributed by atoms with van der Waals surface area (Å²) in [7, 11) is 0. The van der Waals surface area contributed by atoms with E-state index in [0.717, 1.165) is 22.4 Å². The van der Waals surface area contributed by atoms with Gasteiger partial charge in [-0.1, -0.05) is 48.0 Å². The summed E-state index contributed by atoms with van der Waals surface area (Å²) in [5.41, 5.74) is 7.82. The quantitative estimate of drug-likeness (QED) is 0.677. The lowest BCUT2D eigenvalue weighted by Crippen LogP contribution is -2.21. The summed E-state index contributed by atoms with van der Waals surface area (Å²) in [6.45, 7) is 5.99. The SMILES string of the molecule is C/C(=N\NC(=O)Cc1ccccc1)c1cc(C)ccc1C. The Hall–Kier alpha value is -2.42. The van der Waals surface area contributed by atoms with E-state index < -0.39 is 0 Å². The van der Waals surface area contributed by atoms with Crippen LogP contribution >= 0.6 is 0 Å². The molecule has 0 aromatic heterocycles. The number of aryl methyl sites for hydroxylation is 2. The number of benzene rings is 2. The molecule has 0 aliphatic carbocycles. The predicted octanol–water partition coefficient (Wildman–Crippen LogP) is 3.39. The topological polar surface area (TPSA) is 41.5 Å². The summed E-state index contributed by atoms with van der Waals surface area (Å²) < 4.78 is 0. The minimum atomic E-state index is -0.106. The van der Waals surface area contributed by atoms with Crippen molar-refractivity contribution in [3.63, 3.8) is 0 Å². The van der Waals surface area contributed by atoms with Crippen molar-refractivity contribution in [3.8, 4) is 0 Å². The van der Waals surface area contributed by atoms with Gasteiger partial charge in [0.1, 0.15) is 0 Å². The largest absolute Gasteiger partial charge is 0.273 e. The Labute approximate surface area is 125 Å². The fraction of sp³-hybridized carbons (Fsp3) is 0.222. The van der Waals surface area contributed by atoms with E-state index in [1.54, 1.807) is 0 Å². The first kappa shape index (κ1) is 15.0. The normalized spacial score (nSPS) is 11.3. The first-order valence-corrected chi connectivity index (χ1v) is 7.01. The maximum Gasteiger partial charge on any atom is 0.244 e. The maximum absolute atomic E-state index is 11.9. The fourth-order valence-electron chi connectivity index (χ4n) is 2.15. The molecular weight excluding hydrogens is 260 g/mol.